The van der Waals surface area contributed by atoms with Gasteiger partial charge in [0.2, 0.25) is 0 Å². The summed E-state index contributed by atoms with van der Waals surface area (Å²) in [6, 6.07) is 39.2. The summed E-state index contributed by atoms with van der Waals surface area (Å²) in [6.07, 6.45) is 0. The SMILES string of the molecule is O=C1OC(=O)C(C(c2ccccc2)c2ccccc2)=C1C(c1ccccc1)c1ccccc1. The maximum absolute atomic E-state index is 13.2. The van der Waals surface area contributed by atoms with Crippen LogP contribution in [0.1, 0.15) is 34.1 Å². The van der Waals surface area contributed by atoms with Crippen LogP contribution in [-0.2, 0) is 14.3 Å². The van der Waals surface area contributed by atoms with Crippen LogP contribution in [0.3, 0.4) is 0 Å². The number of hydrogen-bond acceptors (Lipinski definition) is 3. The van der Waals surface area contributed by atoms with E-state index in [1.165, 1.54) is 0 Å². The Labute approximate surface area is 193 Å². The lowest BCUT2D eigenvalue weighted by atomic mass is 9.77. The first kappa shape index (κ1) is 20.7. The molecule has 0 aromatic heterocycles. The van der Waals surface area contributed by atoms with E-state index in [-0.39, 0.29) is 0 Å². The molecule has 4 aromatic carbocycles. The maximum atomic E-state index is 13.2. The quantitative estimate of drug-likeness (QED) is 0.277. The van der Waals surface area contributed by atoms with Crippen LogP contribution in [0.4, 0.5) is 0 Å². The third kappa shape index (κ3) is 4.01. The molecule has 0 saturated carbocycles. The Morgan fingerprint density at radius 2 is 0.636 bits per heavy atom. The predicted octanol–water partition coefficient (Wildman–Crippen LogP) is 6.03. The Morgan fingerprint density at radius 1 is 0.394 bits per heavy atom. The van der Waals surface area contributed by atoms with Crippen molar-refractivity contribution in [1.82, 2.24) is 0 Å². The van der Waals surface area contributed by atoms with Crippen LogP contribution >= 0.6 is 0 Å². The summed E-state index contributed by atoms with van der Waals surface area (Å²) in [5, 5.41) is 0. The summed E-state index contributed by atoms with van der Waals surface area (Å²) in [5.41, 5.74) is 4.53. The number of benzene rings is 4. The van der Waals surface area contributed by atoms with E-state index in [0.29, 0.717) is 11.1 Å². The topological polar surface area (TPSA) is 43.4 Å². The number of ether oxygens (including phenoxy) is 1. The molecule has 3 heteroatoms. The van der Waals surface area contributed by atoms with Gasteiger partial charge in [0.1, 0.15) is 0 Å². The van der Waals surface area contributed by atoms with Crippen molar-refractivity contribution in [2.75, 3.05) is 0 Å². The monoisotopic (exact) mass is 430 g/mol. The van der Waals surface area contributed by atoms with Crippen molar-refractivity contribution >= 4 is 11.9 Å². The van der Waals surface area contributed by atoms with Gasteiger partial charge in [-0.1, -0.05) is 121 Å². The van der Waals surface area contributed by atoms with Crippen LogP contribution in [0.2, 0.25) is 0 Å². The van der Waals surface area contributed by atoms with Crippen molar-refractivity contribution < 1.29 is 14.3 Å². The van der Waals surface area contributed by atoms with Crippen molar-refractivity contribution in [3.8, 4) is 0 Å². The lowest BCUT2D eigenvalue weighted by Gasteiger charge is -2.23. The molecule has 0 aliphatic carbocycles. The van der Waals surface area contributed by atoms with E-state index in [1.54, 1.807) is 0 Å². The van der Waals surface area contributed by atoms with E-state index in [1.807, 2.05) is 121 Å². The highest BCUT2D eigenvalue weighted by Gasteiger charge is 2.43. The van der Waals surface area contributed by atoms with Crippen LogP contribution in [0.15, 0.2) is 132 Å². The second-order valence-corrected chi connectivity index (χ2v) is 8.01. The van der Waals surface area contributed by atoms with E-state index in [9.17, 15) is 9.59 Å². The Balaban J connectivity index is 1.80. The predicted molar refractivity (Wildman–Crippen MR) is 128 cm³/mol. The molecule has 4 aromatic rings. The van der Waals surface area contributed by atoms with Crippen molar-refractivity contribution in [2.24, 2.45) is 0 Å². The smallest absolute Gasteiger partial charge is 0.343 e. The highest BCUT2D eigenvalue weighted by molar-refractivity contribution is 6.14. The lowest BCUT2D eigenvalue weighted by molar-refractivity contribution is -0.151. The van der Waals surface area contributed by atoms with Crippen LogP contribution in [0.5, 0.6) is 0 Å². The first-order chi connectivity index (χ1) is 16.2. The van der Waals surface area contributed by atoms with Crippen LogP contribution in [-0.4, -0.2) is 11.9 Å². The molecule has 0 saturated heterocycles. The van der Waals surface area contributed by atoms with Gasteiger partial charge in [-0.2, -0.15) is 0 Å². The minimum Gasteiger partial charge on any atom is -0.386 e. The van der Waals surface area contributed by atoms with Crippen LogP contribution < -0.4 is 0 Å². The fourth-order valence-corrected chi connectivity index (χ4v) is 4.59. The zero-order valence-corrected chi connectivity index (χ0v) is 17.9. The minimum absolute atomic E-state index is 0.398. The molecule has 1 aliphatic heterocycles. The summed E-state index contributed by atoms with van der Waals surface area (Å²) in [6.45, 7) is 0. The van der Waals surface area contributed by atoms with Gasteiger partial charge in [-0.15, -0.1) is 0 Å². The molecule has 33 heavy (non-hydrogen) atoms. The molecule has 0 atom stereocenters. The maximum Gasteiger partial charge on any atom is 0.343 e. The average molecular weight is 431 g/mol. The van der Waals surface area contributed by atoms with Crippen molar-refractivity contribution in [3.63, 3.8) is 0 Å². The molecular formula is C30H22O3. The number of esters is 2. The van der Waals surface area contributed by atoms with Gasteiger partial charge >= 0.3 is 11.9 Å². The van der Waals surface area contributed by atoms with Gasteiger partial charge in [-0.3, -0.25) is 0 Å². The minimum atomic E-state index is -0.579. The third-order valence-corrected chi connectivity index (χ3v) is 6.02. The molecular weight excluding hydrogens is 408 g/mol. The molecule has 1 heterocycles. The number of hydrogen-bond donors (Lipinski definition) is 0. The van der Waals surface area contributed by atoms with Crippen molar-refractivity contribution in [2.45, 2.75) is 11.8 Å². The van der Waals surface area contributed by atoms with E-state index < -0.39 is 23.8 Å². The fraction of sp³-hybridized carbons (Fsp3) is 0.0667. The Hall–Kier alpha value is -4.24. The molecule has 3 nitrogen and oxygen atoms in total. The van der Waals surface area contributed by atoms with E-state index >= 15 is 0 Å². The second kappa shape index (κ2) is 9.09. The number of cyclic esters (lactones) is 2. The van der Waals surface area contributed by atoms with Gasteiger partial charge in [-0.25, -0.2) is 9.59 Å². The lowest BCUT2D eigenvalue weighted by Crippen LogP contribution is -2.15. The number of carbonyl (C=O) groups excluding carboxylic acids is 2. The van der Waals surface area contributed by atoms with Crippen LogP contribution in [0.25, 0.3) is 0 Å². The first-order valence-electron chi connectivity index (χ1n) is 10.9. The Bertz CT molecular complexity index is 1110. The fourth-order valence-electron chi connectivity index (χ4n) is 4.59. The molecule has 0 unspecified atom stereocenters. The Kier molecular flexibility index (Phi) is 5.69. The van der Waals surface area contributed by atoms with E-state index in [4.69, 9.17) is 4.74 Å². The third-order valence-electron chi connectivity index (χ3n) is 6.02. The van der Waals surface area contributed by atoms with Crippen molar-refractivity contribution in [1.29, 1.82) is 0 Å². The van der Waals surface area contributed by atoms with Crippen LogP contribution in [0, 0.1) is 0 Å². The zero-order valence-electron chi connectivity index (χ0n) is 17.9. The summed E-state index contributed by atoms with van der Waals surface area (Å²) >= 11 is 0. The summed E-state index contributed by atoms with van der Waals surface area (Å²) in [4.78, 5) is 26.5. The number of rotatable bonds is 6. The molecule has 0 radical (unpaired) electrons. The second-order valence-electron chi connectivity index (χ2n) is 8.01. The van der Waals surface area contributed by atoms with Crippen molar-refractivity contribution in [3.05, 3.63) is 155 Å². The molecule has 0 fully saturated rings. The highest BCUT2D eigenvalue weighted by Crippen LogP contribution is 2.44. The first-order valence-corrected chi connectivity index (χ1v) is 10.9. The van der Waals surface area contributed by atoms with Gasteiger partial charge < -0.3 is 4.74 Å². The van der Waals surface area contributed by atoms with Gasteiger partial charge in [0.15, 0.2) is 0 Å². The average Bonchev–Trinajstić information content (AvgIpc) is 3.15. The summed E-state index contributed by atoms with van der Waals surface area (Å²) in [7, 11) is 0. The van der Waals surface area contributed by atoms with Gasteiger partial charge in [-0.05, 0) is 22.3 Å². The summed E-state index contributed by atoms with van der Waals surface area (Å²) < 4.78 is 5.28. The zero-order chi connectivity index (χ0) is 22.6. The standard InChI is InChI=1S/C30H22O3/c31-29-27(25(21-13-5-1-6-14-21)22-15-7-2-8-16-22)28(30(32)33-29)26(23-17-9-3-10-18-23)24-19-11-4-12-20-24/h1-20,25-26H. The Morgan fingerprint density at radius 3 is 0.879 bits per heavy atom. The van der Waals surface area contributed by atoms with Gasteiger partial charge in [0, 0.05) is 11.8 Å². The molecule has 0 bridgehead atoms. The summed E-state index contributed by atoms with van der Waals surface area (Å²) in [5.74, 6) is -2.00. The van der Waals surface area contributed by atoms with Gasteiger partial charge in [0.05, 0.1) is 11.1 Å². The molecule has 0 amide bonds. The van der Waals surface area contributed by atoms with Gasteiger partial charge in [0.25, 0.3) is 0 Å². The highest BCUT2D eigenvalue weighted by atomic mass is 16.6. The largest absolute Gasteiger partial charge is 0.386 e. The normalized spacial score (nSPS) is 13.6. The molecule has 160 valence electrons. The molecule has 5 rings (SSSR count). The molecule has 0 spiro atoms. The molecule has 1 aliphatic rings. The number of carbonyl (C=O) groups is 2. The van der Waals surface area contributed by atoms with E-state index in [2.05, 4.69) is 0 Å². The van der Waals surface area contributed by atoms with E-state index in [0.717, 1.165) is 22.3 Å². The molecule has 0 N–H and O–H groups in total.